The molecule has 3 aromatic carbocycles. The van der Waals surface area contributed by atoms with Crippen molar-refractivity contribution in [2.24, 2.45) is 0 Å². The van der Waals surface area contributed by atoms with Gasteiger partial charge in [-0.15, -0.1) is 0 Å². The van der Waals surface area contributed by atoms with Crippen molar-refractivity contribution in [1.29, 1.82) is 0 Å². The molecule has 2 aliphatic rings. The fraction of sp³-hybridized carbons (Fsp3) is 0.476. The zero-order valence-corrected chi connectivity index (χ0v) is 31.4. The molecule has 0 spiro atoms. The van der Waals surface area contributed by atoms with Gasteiger partial charge in [-0.3, -0.25) is 9.69 Å². The first-order chi connectivity index (χ1) is 25.3. The number of rotatable bonds is 12. The minimum atomic E-state index is -1.34. The Hall–Kier alpha value is -4.28. The van der Waals surface area contributed by atoms with E-state index in [1.807, 2.05) is 91.0 Å². The van der Waals surface area contributed by atoms with Crippen molar-refractivity contribution >= 4 is 12.0 Å². The molecule has 0 aliphatic carbocycles. The Morgan fingerprint density at radius 2 is 1.42 bits per heavy atom. The van der Waals surface area contributed by atoms with Crippen molar-refractivity contribution in [3.8, 4) is 11.8 Å². The maximum absolute atomic E-state index is 13.3. The third-order valence-electron chi connectivity index (χ3n) is 8.87. The fourth-order valence-electron chi connectivity index (χ4n) is 6.39. The van der Waals surface area contributed by atoms with Gasteiger partial charge < -0.3 is 38.8 Å². The third kappa shape index (κ3) is 11.4. The monoisotopic (exact) mass is 728 g/mol. The van der Waals surface area contributed by atoms with E-state index in [1.165, 1.54) is 11.8 Å². The summed E-state index contributed by atoms with van der Waals surface area (Å²) < 4.78 is 37.7. The first kappa shape index (κ1) is 39.9. The summed E-state index contributed by atoms with van der Waals surface area (Å²) in [6, 6.07) is 27.7. The van der Waals surface area contributed by atoms with Crippen molar-refractivity contribution in [2.45, 2.75) is 115 Å². The highest BCUT2D eigenvalue weighted by atomic mass is 16.6. The molecule has 2 saturated heterocycles. The van der Waals surface area contributed by atoms with E-state index in [0.717, 1.165) is 16.7 Å². The van der Waals surface area contributed by atoms with Crippen LogP contribution in [0.15, 0.2) is 91.0 Å². The van der Waals surface area contributed by atoms with Crippen molar-refractivity contribution in [3.63, 3.8) is 0 Å². The topological polar surface area (TPSA) is 125 Å². The summed E-state index contributed by atoms with van der Waals surface area (Å²) in [6.07, 6.45) is -5.04. The summed E-state index contributed by atoms with van der Waals surface area (Å²) in [5, 5.41) is 14.5. The standard InChI is InChI=1S/C42H52N2O9/c1-29(45)43-37-35(23-22-34(46)33-27-51-42(5,6)44(33)40(47)53-41(2,3)4)52-36(28-48-24-30-16-10-7-11-17-30)38(49-25-31-18-12-8-13-19-31)39(37)50-26-32-20-14-9-15-21-32/h7-21,33-39,46H,24-28H2,1-6H3,(H,43,45)/t33-,34+,35+,36-,37+,38-,39-/m1/s1. The Balaban J connectivity index is 1.47. The van der Waals surface area contributed by atoms with Crippen LogP contribution in [-0.4, -0.2) is 89.2 Å². The van der Waals surface area contributed by atoms with Gasteiger partial charge in [-0.25, -0.2) is 4.79 Å². The quantitative estimate of drug-likeness (QED) is 0.237. The maximum Gasteiger partial charge on any atom is 0.413 e. The highest BCUT2D eigenvalue weighted by Crippen LogP contribution is 2.32. The molecule has 0 aromatic heterocycles. The van der Waals surface area contributed by atoms with E-state index in [0.29, 0.717) is 6.61 Å². The van der Waals surface area contributed by atoms with Crippen LogP contribution in [0.5, 0.6) is 0 Å². The molecule has 0 bridgehead atoms. The van der Waals surface area contributed by atoms with Crippen molar-refractivity contribution in [2.75, 3.05) is 13.2 Å². The third-order valence-corrected chi connectivity index (χ3v) is 8.87. The number of amides is 2. The highest BCUT2D eigenvalue weighted by Gasteiger charge is 2.50. The lowest BCUT2D eigenvalue weighted by Gasteiger charge is -2.45. The van der Waals surface area contributed by atoms with E-state index in [1.54, 1.807) is 34.6 Å². The molecule has 11 heteroatoms. The molecule has 2 heterocycles. The summed E-state index contributed by atoms with van der Waals surface area (Å²) >= 11 is 0. The largest absolute Gasteiger partial charge is 0.444 e. The second kappa shape index (κ2) is 18.2. The Labute approximate surface area is 312 Å². The molecule has 3 aromatic rings. The SMILES string of the molecule is CC(=O)N[C@@H]1[C@@H](OCc2ccccc2)[C@H](OCc2ccccc2)[C@@H](COCc2ccccc2)O[C@H]1C#C[C@H](O)[C@H]1COC(C)(C)N1C(=O)OC(C)(C)C. The minimum absolute atomic E-state index is 0.0386. The van der Waals surface area contributed by atoms with Gasteiger partial charge in [0, 0.05) is 6.92 Å². The molecule has 2 fully saturated rings. The van der Waals surface area contributed by atoms with Crippen molar-refractivity contribution < 1.29 is 43.1 Å². The van der Waals surface area contributed by atoms with Gasteiger partial charge in [-0.05, 0) is 51.3 Å². The molecule has 2 amide bonds. The van der Waals surface area contributed by atoms with Crippen molar-refractivity contribution in [3.05, 3.63) is 108 Å². The van der Waals surface area contributed by atoms with Gasteiger partial charge in [0.1, 0.15) is 41.8 Å². The number of nitrogens with zero attached hydrogens (tertiary/aromatic N) is 1. The van der Waals surface area contributed by atoms with E-state index in [4.69, 9.17) is 28.4 Å². The number of aliphatic hydroxyl groups excluding tert-OH is 1. The molecule has 284 valence electrons. The lowest BCUT2D eigenvalue weighted by molar-refractivity contribution is -0.222. The summed E-state index contributed by atoms with van der Waals surface area (Å²) in [6.45, 7) is 11.2. The second-order valence-corrected chi connectivity index (χ2v) is 14.8. The van der Waals surface area contributed by atoms with Gasteiger partial charge >= 0.3 is 6.09 Å². The van der Waals surface area contributed by atoms with Gasteiger partial charge in [0.05, 0.1) is 45.1 Å². The van der Waals surface area contributed by atoms with Gasteiger partial charge in [-0.1, -0.05) is 103 Å². The van der Waals surface area contributed by atoms with Crippen LogP contribution in [0.25, 0.3) is 0 Å². The van der Waals surface area contributed by atoms with Gasteiger partial charge in [0.2, 0.25) is 5.91 Å². The second-order valence-electron chi connectivity index (χ2n) is 14.8. The smallest absolute Gasteiger partial charge is 0.413 e. The molecule has 2 aliphatic heterocycles. The average molecular weight is 729 g/mol. The van der Waals surface area contributed by atoms with E-state index in [-0.39, 0.29) is 32.3 Å². The molecular formula is C42H52N2O9. The molecule has 5 rings (SSSR count). The summed E-state index contributed by atoms with van der Waals surface area (Å²) in [7, 11) is 0. The Kier molecular flexibility index (Phi) is 13.7. The van der Waals surface area contributed by atoms with Crippen LogP contribution in [-0.2, 0) is 53.0 Å². The van der Waals surface area contributed by atoms with E-state index in [2.05, 4.69) is 17.2 Å². The molecule has 0 radical (unpaired) electrons. The lowest BCUT2D eigenvalue weighted by atomic mass is 9.91. The predicted molar refractivity (Wildman–Crippen MR) is 198 cm³/mol. The van der Waals surface area contributed by atoms with Gasteiger partial charge in [0.25, 0.3) is 0 Å². The molecule has 53 heavy (non-hydrogen) atoms. The Morgan fingerprint density at radius 1 is 0.887 bits per heavy atom. The number of carbonyl (C=O) groups is 2. The zero-order chi connectivity index (χ0) is 38.0. The average Bonchev–Trinajstić information content (AvgIpc) is 3.45. The molecule has 11 nitrogen and oxygen atoms in total. The number of nitrogens with one attached hydrogen (secondary N) is 1. The van der Waals surface area contributed by atoms with Crippen LogP contribution in [0.4, 0.5) is 4.79 Å². The first-order valence-corrected chi connectivity index (χ1v) is 18.0. The Morgan fingerprint density at radius 3 is 1.94 bits per heavy atom. The van der Waals surface area contributed by atoms with Gasteiger partial charge in [0.15, 0.2) is 0 Å². The molecule has 7 atom stereocenters. The predicted octanol–water partition coefficient (Wildman–Crippen LogP) is 5.38. The molecule has 0 saturated carbocycles. The van der Waals surface area contributed by atoms with Crippen molar-refractivity contribution in [1.82, 2.24) is 10.2 Å². The van der Waals surface area contributed by atoms with E-state index < -0.39 is 60.0 Å². The van der Waals surface area contributed by atoms with Crippen LogP contribution in [0.1, 0.15) is 58.2 Å². The van der Waals surface area contributed by atoms with Gasteiger partial charge in [-0.2, -0.15) is 0 Å². The minimum Gasteiger partial charge on any atom is -0.444 e. The van der Waals surface area contributed by atoms with E-state index >= 15 is 0 Å². The summed E-state index contributed by atoms with van der Waals surface area (Å²) in [4.78, 5) is 27.4. The summed E-state index contributed by atoms with van der Waals surface area (Å²) in [5.41, 5.74) is 1.08. The molecular weight excluding hydrogens is 676 g/mol. The number of hydrogen-bond acceptors (Lipinski definition) is 9. The van der Waals surface area contributed by atoms with Crippen LogP contribution >= 0.6 is 0 Å². The molecule has 0 unspecified atom stereocenters. The highest BCUT2D eigenvalue weighted by molar-refractivity contribution is 5.73. The van der Waals surface area contributed by atoms with Crippen LogP contribution in [0.2, 0.25) is 0 Å². The molecule has 2 N–H and O–H groups in total. The van der Waals surface area contributed by atoms with E-state index in [9.17, 15) is 14.7 Å². The maximum atomic E-state index is 13.3. The Bertz CT molecular complexity index is 1670. The number of hydrogen-bond donors (Lipinski definition) is 2. The number of carbonyl (C=O) groups excluding carboxylic acids is 2. The van der Waals surface area contributed by atoms with Crippen LogP contribution in [0, 0.1) is 11.8 Å². The zero-order valence-electron chi connectivity index (χ0n) is 31.4. The van der Waals surface area contributed by atoms with Crippen LogP contribution in [0.3, 0.4) is 0 Å². The number of aliphatic hydroxyl groups is 1. The normalized spacial score (nSPS) is 24.5. The number of ether oxygens (including phenoxy) is 6. The lowest BCUT2D eigenvalue weighted by Crippen LogP contribution is -2.65. The number of benzene rings is 3. The van der Waals surface area contributed by atoms with Crippen LogP contribution < -0.4 is 5.32 Å². The first-order valence-electron chi connectivity index (χ1n) is 18.0. The summed E-state index contributed by atoms with van der Waals surface area (Å²) in [5.74, 6) is 5.68. The fourth-order valence-corrected chi connectivity index (χ4v) is 6.39.